The van der Waals surface area contributed by atoms with E-state index in [0.717, 1.165) is 22.3 Å². The molecule has 36 heteroatoms. The maximum Gasteiger partial charge on any atom is 0.407 e. The molecule has 5 aromatic rings. The van der Waals surface area contributed by atoms with Crippen molar-refractivity contribution >= 4 is 59.4 Å². The highest BCUT2D eigenvalue weighted by atomic mass is 32.2. The van der Waals surface area contributed by atoms with Crippen LogP contribution >= 0.6 is 15.2 Å². The molecule has 14 atom stereocenters. The number of amides is 2. The molecule has 4 aliphatic rings. The number of carbonyl (C=O) groups excluding carboxylic acids is 3. The van der Waals surface area contributed by atoms with Gasteiger partial charge in [0.25, 0.3) is 0 Å². The summed E-state index contributed by atoms with van der Waals surface area (Å²) < 4.78 is 149. The predicted octanol–water partition coefficient (Wildman–Crippen LogP) is 7.70. The summed E-state index contributed by atoms with van der Waals surface area (Å²) in [6, 6.07) is 33.3. The Morgan fingerprint density at radius 3 is 1.37 bits per heavy atom. The van der Waals surface area contributed by atoms with E-state index in [9.17, 15) is 60.3 Å². The van der Waals surface area contributed by atoms with Crippen molar-refractivity contribution in [2.24, 2.45) is 23.7 Å². The predicted molar refractivity (Wildman–Crippen MR) is 410 cm³/mol. The second-order valence-corrected chi connectivity index (χ2v) is 36.3. The van der Waals surface area contributed by atoms with Gasteiger partial charge in [-0.05, 0) is 141 Å². The molecule has 0 spiro atoms. The lowest BCUT2D eigenvalue weighted by Gasteiger charge is -2.31. The number of carboxylic acids is 1. The van der Waals surface area contributed by atoms with E-state index in [1.54, 1.807) is 85.8 Å². The van der Waals surface area contributed by atoms with Gasteiger partial charge >= 0.3 is 39.3 Å². The van der Waals surface area contributed by atoms with Gasteiger partial charge in [0.1, 0.15) is 29.5 Å². The number of aliphatic hydroxyl groups is 2. The van der Waals surface area contributed by atoms with E-state index < -0.39 is 121 Å². The summed E-state index contributed by atoms with van der Waals surface area (Å²) in [6.45, 7) is 14.0. The van der Waals surface area contributed by atoms with E-state index in [-0.39, 0.29) is 118 Å². The number of methoxy groups -OCH3 is 2. The van der Waals surface area contributed by atoms with Crippen LogP contribution in [0, 0.1) is 23.7 Å². The molecule has 0 radical (unpaired) electrons. The van der Waals surface area contributed by atoms with E-state index in [4.69, 9.17) is 61.3 Å². The molecule has 5 aromatic carbocycles. The molecule has 2 amide bonds. The molecule has 4 fully saturated rings. The number of fused-ring (bicyclic) bond motifs is 2. The summed E-state index contributed by atoms with van der Waals surface area (Å²) in [7, 11) is -13.0. The normalized spacial score (nSPS) is 20.9. The number of nitrogens with one attached hydrogen (secondary N) is 4. The largest absolute Gasteiger partial charge is 0.497 e. The molecule has 0 aromatic heterocycles. The SMILES string of the molecule is CCOC(=O)[C@H](C)OP(=O)(CCNCc1ccc(C[C@H](NC(=O)O[C@H]2CO[C@H]3OCC[C@H]32)[C@H](O)CN(CC(C)C)S(=O)(=O)c2ccc(OC)cc2)cc1)Oc1ccccc1.COc1ccc(S(=O)(=O)N(CC(C)C)C[C@@H](O)[C@H](Cc2ccc(CNCCP(=O)(O)O[C@@H](C)C(=O)O)cc2)NC(=O)O[C@H]2CO[C@H]3OCC[C@H]32)cc1. The van der Waals surface area contributed by atoms with Crippen molar-refractivity contribution in [2.45, 2.75) is 158 Å². The number of para-hydroxylation sites is 1. The molecule has 112 heavy (non-hydrogen) atoms. The van der Waals surface area contributed by atoms with Crippen LogP contribution in [0.5, 0.6) is 17.2 Å². The first-order chi connectivity index (χ1) is 53.3. The summed E-state index contributed by atoms with van der Waals surface area (Å²) in [5, 5.41) is 44.1. The number of rotatable bonds is 43. The lowest BCUT2D eigenvalue weighted by atomic mass is 10.00. The van der Waals surface area contributed by atoms with Crippen molar-refractivity contribution in [3.63, 3.8) is 0 Å². The van der Waals surface area contributed by atoms with Crippen LogP contribution in [0.1, 0.15) is 83.6 Å². The van der Waals surface area contributed by atoms with E-state index in [2.05, 4.69) is 21.3 Å². The highest BCUT2D eigenvalue weighted by molar-refractivity contribution is 7.89. The second kappa shape index (κ2) is 43.0. The van der Waals surface area contributed by atoms with Crippen LogP contribution in [0.3, 0.4) is 0 Å². The highest BCUT2D eigenvalue weighted by Gasteiger charge is 2.46. The summed E-state index contributed by atoms with van der Waals surface area (Å²) in [5.74, 6) is -0.985. The van der Waals surface area contributed by atoms with Crippen LogP contribution in [-0.2, 0) is 107 Å². The smallest absolute Gasteiger partial charge is 0.407 e. The Hall–Kier alpha value is -7.18. The zero-order chi connectivity index (χ0) is 81.3. The zero-order valence-corrected chi connectivity index (χ0v) is 67.9. The van der Waals surface area contributed by atoms with Crippen molar-refractivity contribution < 1.29 is 122 Å². The number of alkyl carbamates (subject to hydrolysis) is 2. The third-order valence-corrected chi connectivity index (χ3v) is 25.7. The second-order valence-electron chi connectivity index (χ2n) is 28.4. The first-order valence-corrected chi connectivity index (χ1v) is 43.7. The van der Waals surface area contributed by atoms with Gasteiger partial charge in [-0.2, -0.15) is 8.61 Å². The van der Waals surface area contributed by atoms with Crippen LogP contribution in [0.2, 0.25) is 0 Å². The third-order valence-electron chi connectivity index (χ3n) is 18.7. The van der Waals surface area contributed by atoms with Gasteiger partial charge in [-0.15, -0.1) is 0 Å². The topological polar surface area (TPSA) is 417 Å². The fraction of sp³-hybridized carbons (Fsp3) is 0.553. The van der Waals surface area contributed by atoms with Crippen molar-refractivity contribution in [1.29, 1.82) is 0 Å². The first kappa shape index (κ1) is 90.4. The lowest BCUT2D eigenvalue weighted by Crippen LogP contribution is -2.51. The Bertz CT molecular complexity index is 4120. The molecule has 4 saturated heterocycles. The number of hydrogen-bond acceptors (Lipinski definition) is 26. The molecule has 0 saturated carbocycles. The number of nitrogens with zero attached hydrogens (tertiary/aromatic N) is 2. The number of benzene rings is 5. The van der Waals surface area contributed by atoms with Gasteiger partial charge in [-0.3, -0.25) is 13.6 Å². The Labute approximate surface area is 655 Å². The number of sulfonamides is 2. The van der Waals surface area contributed by atoms with Gasteiger partial charge in [0.15, 0.2) is 24.8 Å². The molecule has 32 nitrogen and oxygen atoms in total. The Morgan fingerprint density at radius 2 is 0.964 bits per heavy atom. The zero-order valence-electron chi connectivity index (χ0n) is 64.5. The minimum absolute atomic E-state index is 0.0333. The highest BCUT2D eigenvalue weighted by Crippen LogP contribution is 2.49. The van der Waals surface area contributed by atoms with Crippen LogP contribution in [0.4, 0.5) is 9.59 Å². The molecule has 4 aliphatic heterocycles. The Morgan fingerprint density at radius 1 is 0.545 bits per heavy atom. The molecule has 9 rings (SSSR count). The molecule has 2 unspecified atom stereocenters. The number of hydrogen-bond donors (Lipinski definition) is 8. The quantitative estimate of drug-likeness (QED) is 0.00801. The number of carbonyl (C=O) groups is 4. The summed E-state index contributed by atoms with van der Waals surface area (Å²) in [5.41, 5.74) is 3.19. The van der Waals surface area contributed by atoms with Crippen LogP contribution in [0.15, 0.2) is 137 Å². The average Bonchev–Trinajstić information content (AvgIpc) is 1.33. The van der Waals surface area contributed by atoms with Crippen molar-refractivity contribution in [2.75, 3.05) is 98.8 Å². The van der Waals surface area contributed by atoms with Crippen molar-refractivity contribution in [1.82, 2.24) is 29.9 Å². The first-order valence-electron chi connectivity index (χ1n) is 37.3. The average molecular weight is 1650 g/mol. The molecule has 8 N–H and O–H groups in total. The maximum absolute atomic E-state index is 13.9. The van der Waals surface area contributed by atoms with Gasteiger partial charge in [-0.25, -0.2) is 40.6 Å². The van der Waals surface area contributed by atoms with Gasteiger partial charge in [-0.1, -0.05) is 94.4 Å². The summed E-state index contributed by atoms with van der Waals surface area (Å²) >= 11 is 0. The number of aliphatic hydroxyl groups excluding tert-OH is 2. The minimum Gasteiger partial charge on any atom is -0.497 e. The molecule has 0 bridgehead atoms. The van der Waals surface area contributed by atoms with Gasteiger partial charge < -0.3 is 88.6 Å². The maximum atomic E-state index is 13.9. The van der Waals surface area contributed by atoms with Gasteiger partial charge in [0, 0.05) is 52.4 Å². The standard InChI is InChI=1S/C42H58N3O13PS.C34H50N3O13PS/c1-6-53-40(47)30(4)57-59(49,58-34-10-8-7-9-11-34)23-21-43-25-32-14-12-31(13-15-32)24-37(44-42(48)56-39-28-55-41-36(39)20-22-54-41)38(46)27-45(26-29(2)3)60(50,51)35-18-16-33(52-5)17-19-35;1-22(2)19-37(52(44,45)27-11-9-26(46-4)10-12-27)20-30(38)29(36-34(41)49-31-21-48-33-28(31)13-15-47-33)17-24-5-7-25(8-6-24)18-35-14-16-51(42,43)50-23(3)32(39)40/h7-19,29-30,36-39,41,43,46H,6,20-28H2,1-5H3,(H,44,48);5-12,22-23,28-31,33,35,38H,13-21H2,1-4H3,(H,36,41)(H,39,40)(H,42,43)/t30-,36-,37-,38+,39-,41+,59?;23-,28-,29-,30+,31-,33+/m00/s1. The monoisotopic (exact) mass is 1650 g/mol. The summed E-state index contributed by atoms with van der Waals surface area (Å²) in [6.07, 6.45) is -7.32. The van der Waals surface area contributed by atoms with Crippen molar-refractivity contribution in [3.8, 4) is 17.2 Å². The molecular weight excluding hydrogens is 1540 g/mol. The van der Waals surface area contributed by atoms with Gasteiger partial charge in [0.2, 0.25) is 20.0 Å². The van der Waals surface area contributed by atoms with E-state index in [1.165, 1.54) is 60.9 Å². The Kier molecular flexibility index (Phi) is 34.7. The van der Waals surface area contributed by atoms with E-state index in [0.29, 0.717) is 56.4 Å². The van der Waals surface area contributed by atoms with E-state index >= 15 is 0 Å². The number of carboxylic acid groups (broad SMARTS) is 1. The fourth-order valence-electron chi connectivity index (χ4n) is 12.8. The fourth-order valence-corrected chi connectivity index (χ4v) is 18.8. The minimum atomic E-state index is -4.11. The van der Waals surface area contributed by atoms with Gasteiger partial charge in [0.05, 0.1) is 105 Å². The van der Waals surface area contributed by atoms with Crippen molar-refractivity contribution in [3.05, 3.63) is 150 Å². The van der Waals surface area contributed by atoms with Crippen LogP contribution in [0.25, 0.3) is 0 Å². The van der Waals surface area contributed by atoms with E-state index in [1.807, 2.05) is 52.0 Å². The Balaban J connectivity index is 0.000000284. The number of ether oxygens (including phenoxy) is 9. The van der Waals surface area contributed by atoms with Crippen LogP contribution < -0.4 is 35.3 Å². The molecule has 620 valence electrons. The molecule has 4 heterocycles. The third kappa shape index (κ3) is 27.5. The summed E-state index contributed by atoms with van der Waals surface area (Å²) in [4.78, 5) is 59.8. The lowest BCUT2D eigenvalue weighted by molar-refractivity contribution is -0.150. The molecular formula is C76H108N6O26P2S2. The van der Waals surface area contributed by atoms with Crippen LogP contribution in [-0.4, -0.2) is 230 Å². The molecule has 0 aliphatic carbocycles. The number of aliphatic carboxylic acids is 1. The number of esters is 1.